The fourth-order valence-corrected chi connectivity index (χ4v) is 3.80. The molecule has 2 heterocycles. The molecule has 3 N–H and O–H groups in total. The van der Waals surface area contributed by atoms with Crippen LogP contribution >= 0.6 is 24.0 Å². The zero-order valence-corrected chi connectivity index (χ0v) is 22.0. The SMILES string of the molecule is CCNC(=NCC(C)(O)c1cnn(C)c1)NCC(C)N1CCN(c2ccccc2)CC1.I. The van der Waals surface area contributed by atoms with Crippen LogP contribution in [0.25, 0.3) is 0 Å². The summed E-state index contributed by atoms with van der Waals surface area (Å²) in [6.45, 7) is 12.1. The van der Waals surface area contributed by atoms with E-state index in [0.717, 1.165) is 50.8 Å². The maximum absolute atomic E-state index is 10.8. The van der Waals surface area contributed by atoms with Gasteiger partial charge in [-0.15, -0.1) is 24.0 Å². The molecular formula is C23H38IN7O. The number of aliphatic hydroxyl groups is 1. The highest BCUT2D eigenvalue weighted by Gasteiger charge is 2.25. The van der Waals surface area contributed by atoms with Gasteiger partial charge < -0.3 is 20.6 Å². The number of nitrogens with zero attached hydrogens (tertiary/aromatic N) is 5. The Balaban J connectivity index is 0.00000363. The van der Waals surface area contributed by atoms with Gasteiger partial charge in [0.2, 0.25) is 0 Å². The first-order chi connectivity index (χ1) is 14.9. The number of anilines is 1. The molecule has 2 atom stereocenters. The molecular weight excluding hydrogens is 517 g/mol. The van der Waals surface area contributed by atoms with Gasteiger partial charge in [-0.3, -0.25) is 9.58 Å². The number of aliphatic imine (C=N–C) groups is 1. The van der Waals surface area contributed by atoms with Crippen LogP contribution in [0.5, 0.6) is 0 Å². The third-order valence-electron chi connectivity index (χ3n) is 5.84. The summed E-state index contributed by atoms with van der Waals surface area (Å²) in [4.78, 5) is 9.58. The third-order valence-corrected chi connectivity index (χ3v) is 5.84. The van der Waals surface area contributed by atoms with Gasteiger partial charge in [-0.2, -0.15) is 5.10 Å². The second-order valence-corrected chi connectivity index (χ2v) is 8.46. The Kier molecular flexibility index (Phi) is 10.2. The molecule has 0 bridgehead atoms. The van der Waals surface area contributed by atoms with E-state index in [-0.39, 0.29) is 30.5 Å². The number of nitrogens with one attached hydrogen (secondary N) is 2. The summed E-state index contributed by atoms with van der Waals surface area (Å²) in [7, 11) is 1.84. The van der Waals surface area contributed by atoms with Crippen LogP contribution in [-0.4, -0.2) is 77.6 Å². The molecule has 32 heavy (non-hydrogen) atoms. The molecule has 2 unspecified atom stereocenters. The normalized spacial score (nSPS) is 17.9. The molecule has 0 aliphatic carbocycles. The van der Waals surface area contributed by atoms with Crippen LogP contribution in [0, 0.1) is 0 Å². The van der Waals surface area contributed by atoms with Crippen LogP contribution in [0.1, 0.15) is 26.3 Å². The number of piperazine rings is 1. The Morgan fingerprint density at radius 2 is 1.88 bits per heavy atom. The van der Waals surface area contributed by atoms with Crippen LogP contribution in [0.2, 0.25) is 0 Å². The minimum Gasteiger partial charge on any atom is -0.383 e. The van der Waals surface area contributed by atoms with Crippen LogP contribution in [-0.2, 0) is 12.6 Å². The fourth-order valence-electron chi connectivity index (χ4n) is 3.80. The number of aromatic nitrogens is 2. The van der Waals surface area contributed by atoms with Gasteiger partial charge in [0.1, 0.15) is 5.60 Å². The number of rotatable bonds is 8. The first-order valence-corrected chi connectivity index (χ1v) is 11.2. The van der Waals surface area contributed by atoms with Crippen molar-refractivity contribution in [1.29, 1.82) is 0 Å². The van der Waals surface area contributed by atoms with E-state index in [4.69, 9.17) is 0 Å². The van der Waals surface area contributed by atoms with Crippen LogP contribution < -0.4 is 15.5 Å². The van der Waals surface area contributed by atoms with E-state index in [1.54, 1.807) is 17.8 Å². The van der Waals surface area contributed by atoms with E-state index in [1.165, 1.54) is 5.69 Å². The molecule has 0 radical (unpaired) electrons. The average Bonchev–Trinajstić information content (AvgIpc) is 3.23. The third kappa shape index (κ3) is 7.35. The number of hydrogen-bond donors (Lipinski definition) is 3. The molecule has 1 aromatic heterocycles. The van der Waals surface area contributed by atoms with Crippen molar-refractivity contribution < 1.29 is 5.11 Å². The van der Waals surface area contributed by atoms with Crippen LogP contribution in [0.3, 0.4) is 0 Å². The van der Waals surface area contributed by atoms with Gasteiger partial charge in [0.15, 0.2) is 5.96 Å². The molecule has 1 aromatic carbocycles. The lowest BCUT2D eigenvalue weighted by Crippen LogP contribution is -2.53. The number of hydrogen-bond acceptors (Lipinski definition) is 5. The van der Waals surface area contributed by atoms with Crippen LogP contribution in [0.15, 0.2) is 47.7 Å². The average molecular weight is 556 g/mol. The summed E-state index contributed by atoms with van der Waals surface area (Å²) >= 11 is 0. The molecule has 1 saturated heterocycles. The van der Waals surface area contributed by atoms with Gasteiger partial charge in [0.25, 0.3) is 0 Å². The molecule has 1 aliphatic rings. The van der Waals surface area contributed by atoms with E-state index in [0.29, 0.717) is 6.04 Å². The maximum Gasteiger partial charge on any atom is 0.191 e. The van der Waals surface area contributed by atoms with E-state index in [1.807, 2.05) is 20.2 Å². The van der Waals surface area contributed by atoms with E-state index in [2.05, 4.69) is 67.8 Å². The predicted octanol–water partition coefficient (Wildman–Crippen LogP) is 2.01. The van der Waals surface area contributed by atoms with Gasteiger partial charge in [0, 0.05) is 69.8 Å². The zero-order valence-electron chi connectivity index (χ0n) is 19.7. The molecule has 1 fully saturated rings. The first-order valence-electron chi connectivity index (χ1n) is 11.2. The Hall–Kier alpha value is -1.85. The highest BCUT2D eigenvalue weighted by atomic mass is 127. The summed E-state index contributed by atoms with van der Waals surface area (Å²) < 4.78 is 1.69. The number of halogens is 1. The number of guanidine groups is 1. The van der Waals surface area contributed by atoms with Crippen molar-refractivity contribution >= 4 is 35.6 Å². The fraction of sp³-hybridized carbons (Fsp3) is 0.565. The lowest BCUT2D eigenvalue weighted by Gasteiger charge is -2.39. The van der Waals surface area contributed by atoms with E-state index < -0.39 is 5.60 Å². The summed E-state index contributed by atoms with van der Waals surface area (Å²) in [6, 6.07) is 11.0. The second-order valence-electron chi connectivity index (χ2n) is 8.46. The van der Waals surface area contributed by atoms with Gasteiger partial charge >= 0.3 is 0 Å². The highest BCUT2D eigenvalue weighted by molar-refractivity contribution is 14.0. The Morgan fingerprint density at radius 3 is 2.47 bits per heavy atom. The molecule has 1 aliphatic heterocycles. The van der Waals surface area contributed by atoms with Crippen molar-refractivity contribution in [3.63, 3.8) is 0 Å². The van der Waals surface area contributed by atoms with Gasteiger partial charge in [-0.25, -0.2) is 4.99 Å². The largest absolute Gasteiger partial charge is 0.383 e. The predicted molar refractivity (Wildman–Crippen MR) is 142 cm³/mol. The van der Waals surface area contributed by atoms with E-state index in [9.17, 15) is 5.11 Å². The zero-order chi connectivity index (χ0) is 22.3. The molecule has 3 rings (SSSR count). The molecule has 2 aromatic rings. The number of benzene rings is 1. The van der Waals surface area contributed by atoms with Crippen molar-refractivity contribution in [3.05, 3.63) is 48.3 Å². The summed E-state index contributed by atoms with van der Waals surface area (Å²) in [6.07, 6.45) is 3.51. The van der Waals surface area contributed by atoms with Crippen molar-refractivity contribution in [2.24, 2.45) is 12.0 Å². The monoisotopic (exact) mass is 555 g/mol. The Morgan fingerprint density at radius 1 is 1.19 bits per heavy atom. The minimum atomic E-state index is -1.06. The van der Waals surface area contributed by atoms with Gasteiger partial charge in [-0.1, -0.05) is 18.2 Å². The van der Waals surface area contributed by atoms with E-state index >= 15 is 0 Å². The summed E-state index contributed by atoms with van der Waals surface area (Å²) in [5, 5.41) is 21.7. The second kappa shape index (κ2) is 12.4. The van der Waals surface area contributed by atoms with Gasteiger partial charge in [0.05, 0.1) is 12.7 Å². The van der Waals surface area contributed by atoms with Crippen molar-refractivity contribution in [2.45, 2.75) is 32.4 Å². The minimum absolute atomic E-state index is 0. The molecule has 178 valence electrons. The van der Waals surface area contributed by atoms with Crippen molar-refractivity contribution in [3.8, 4) is 0 Å². The Bertz CT molecular complexity index is 832. The standard InChI is InChI=1S/C23H37N7O.HI/c1-5-24-22(26-18-23(3,31)20-16-27-28(4)17-20)25-15-19(2)29-11-13-30(14-12-29)21-9-7-6-8-10-21;/h6-10,16-17,19,31H,5,11-15,18H2,1-4H3,(H2,24,25,26);1H. The Labute approximate surface area is 209 Å². The molecule has 0 amide bonds. The number of aryl methyl sites for hydroxylation is 1. The van der Waals surface area contributed by atoms with Gasteiger partial charge in [-0.05, 0) is 32.9 Å². The lowest BCUT2D eigenvalue weighted by molar-refractivity contribution is 0.0671. The summed E-state index contributed by atoms with van der Waals surface area (Å²) in [5.41, 5.74) is 1.00. The molecule has 9 heteroatoms. The first kappa shape index (κ1) is 26.4. The molecule has 0 saturated carbocycles. The maximum atomic E-state index is 10.8. The van der Waals surface area contributed by atoms with Crippen LogP contribution in [0.4, 0.5) is 5.69 Å². The quantitative estimate of drug-likeness (QED) is 0.263. The highest BCUT2D eigenvalue weighted by Crippen LogP contribution is 2.20. The molecule has 0 spiro atoms. The smallest absolute Gasteiger partial charge is 0.191 e. The lowest BCUT2D eigenvalue weighted by atomic mass is 10.0. The topological polar surface area (TPSA) is 80.9 Å². The summed E-state index contributed by atoms with van der Waals surface area (Å²) in [5.74, 6) is 0.724. The molecule has 8 nitrogen and oxygen atoms in total. The number of para-hydroxylation sites is 1. The van der Waals surface area contributed by atoms with Crippen molar-refractivity contribution in [1.82, 2.24) is 25.3 Å². The van der Waals surface area contributed by atoms with Crippen molar-refractivity contribution in [2.75, 3.05) is 50.7 Å².